The molecule has 0 radical (unpaired) electrons. The van der Waals surface area contributed by atoms with E-state index in [1.807, 2.05) is 0 Å². The molecule has 1 unspecified atom stereocenters. The van der Waals surface area contributed by atoms with E-state index >= 15 is 0 Å². The first kappa shape index (κ1) is 34.3. The van der Waals surface area contributed by atoms with Crippen LogP contribution in [0.1, 0.15) is 6.92 Å². The van der Waals surface area contributed by atoms with Crippen molar-refractivity contribution in [2.45, 2.75) is 22.8 Å². The minimum atomic E-state index is -4.86. The van der Waals surface area contributed by atoms with E-state index in [1.165, 1.54) is 42.5 Å². The molecule has 4 rings (SSSR count). The topological polar surface area (TPSA) is 302 Å². The van der Waals surface area contributed by atoms with Crippen LogP contribution in [-0.2, 0) is 20.2 Å². The Morgan fingerprint density at radius 2 is 1.47 bits per heavy atom. The Morgan fingerprint density at radius 1 is 0.851 bits per heavy atom. The minimum absolute atomic E-state index is 0.00470. The Labute approximate surface area is 266 Å². The van der Waals surface area contributed by atoms with Crippen LogP contribution in [0.3, 0.4) is 0 Å². The molecular formula is C25H25FN12O7S2. The van der Waals surface area contributed by atoms with Gasteiger partial charge < -0.3 is 27.4 Å². The third-order valence-electron chi connectivity index (χ3n) is 5.60. The number of carbonyl (C=O) groups excluding carboxylic acids is 1. The molecule has 0 bridgehead atoms. The second-order valence-corrected chi connectivity index (χ2v) is 12.3. The molecule has 47 heavy (non-hydrogen) atoms. The molecule has 19 nitrogen and oxygen atoms in total. The summed E-state index contributed by atoms with van der Waals surface area (Å²) in [6, 6.07) is 11.0. The van der Waals surface area contributed by atoms with Gasteiger partial charge in [-0.15, -0.1) is 10.2 Å². The largest absolute Gasteiger partial charge is 0.352 e. The molecule has 9 N–H and O–H groups in total. The van der Waals surface area contributed by atoms with Crippen molar-refractivity contribution in [1.82, 2.24) is 15.0 Å². The Hall–Kier alpha value is -5.55. The third-order valence-corrected chi connectivity index (χ3v) is 7.35. The molecule has 2 amide bonds. The summed E-state index contributed by atoms with van der Waals surface area (Å²) in [6.45, 7) is 1.99. The van der Waals surface area contributed by atoms with Crippen molar-refractivity contribution in [3.63, 3.8) is 0 Å². The van der Waals surface area contributed by atoms with Crippen LogP contribution in [-0.4, -0.2) is 59.5 Å². The van der Waals surface area contributed by atoms with Gasteiger partial charge in [-0.2, -0.15) is 46.4 Å². The Kier molecular flexibility index (Phi) is 10.4. The number of azo groups is 2. The predicted molar refractivity (Wildman–Crippen MR) is 166 cm³/mol. The molecule has 22 heteroatoms. The highest BCUT2D eigenvalue weighted by atomic mass is 32.2. The SMILES string of the molecule is CC(N)CNc1nc(F)nc(Nc2ccc(N=Nc3ccc(/N=N/c4ccc(S(=O)(=O)O)cc4)cc3S(=O)(=O)O)c(NC(N)=O)c2)n1. The van der Waals surface area contributed by atoms with Crippen molar-refractivity contribution in [2.24, 2.45) is 31.9 Å². The van der Waals surface area contributed by atoms with Crippen LogP contribution < -0.4 is 27.4 Å². The lowest BCUT2D eigenvalue weighted by molar-refractivity contribution is 0.259. The van der Waals surface area contributed by atoms with Gasteiger partial charge in [0, 0.05) is 18.3 Å². The number of nitrogens with two attached hydrogens (primary N) is 2. The lowest BCUT2D eigenvalue weighted by Gasteiger charge is -2.11. The molecule has 3 aromatic carbocycles. The van der Waals surface area contributed by atoms with E-state index in [2.05, 4.69) is 51.4 Å². The number of amides is 2. The van der Waals surface area contributed by atoms with Gasteiger partial charge in [-0.1, -0.05) is 0 Å². The standard InChI is InChI=1S/C25H25FN12O7S2/c1-13(27)12-29-24-32-22(26)33-25(34-24)30-15-4-8-18(20(10-15)31-23(28)39)37-38-19-9-5-16(11-21(19)47(43,44)45)36-35-14-2-6-17(7-3-14)46(40,41)42/h2-11,13H,12,27H2,1H3,(H3,28,31,39)(H,40,41,42)(H,43,44,45)(H2,29,30,32,33,34)/b36-35+,38-37?. The van der Waals surface area contributed by atoms with Crippen molar-refractivity contribution in [3.8, 4) is 0 Å². The second kappa shape index (κ2) is 14.3. The number of nitrogens with zero attached hydrogens (tertiary/aromatic N) is 7. The quantitative estimate of drug-likeness (QED) is 0.0806. The number of halogens is 1. The first-order chi connectivity index (χ1) is 22.1. The van der Waals surface area contributed by atoms with Gasteiger partial charge >= 0.3 is 12.1 Å². The lowest BCUT2D eigenvalue weighted by Crippen LogP contribution is -2.26. The van der Waals surface area contributed by atoms with Gasteiger partial charge in [-0.05, 0) is 67.6 Å². The highest BCUT2D eigenvalue weighted by molar-refractivity contribution is 7.86. The lowest BCUT2D eigenvalue weighted by atomic mass is 10.2. The minimum Gasteiger partial charge on any atom is -0.352 e. The number of anilines is 4. The number of nitrogens with one attached hydrogen (secondary N) is 3. The summed E-state index contributed by atoms with van der Waals surface area (Å²) in [7, 11) is -9.27. The summed E-state index contributed by atoms with van der Waals surface area (Å²) in [5, 5.41) is 23.5. The van der Waals surface area contributed by atoms with Crippen LogP contribution in [0.4, 0.5) is 55.2 Å². The molecule has 1 atom stereocenters. The number of urea groups is 1. The molecule has 4 aromatic rings. The van der Waals surface area contributed by atoms with Crippen LogP contribution in [0.15, 0.2) is 90.9 Å². The maximum absolute atomic E-state index is 14.0. The van der Waals surface area contributed by atoms with E-state index < -0.39 is 37.2 Å². The molecule has 1 heterocycles. The van der Waals surface area contributed by atoms with Gasteiger partial charge in [0.2, 0.25) is 11.9 Å². The van der Waals surface area contributed by atoms with Crippen molar-refractivity contribution in [1.29, 1.82) is 0 Å². The fraction of sp³-hybridized carbons (Fsp3) is 0.120. The van der Waals surface area contributed by atoms with Crippen LogP contribution in [0.5, 0.6) is 0 Å². The third kappa shape index (κ3) is 9.97. The summed E-state index contributed by atoms with van der Waals surface area (Å²) in [5.74, 6) is -0.260. The zero-order valence-electron chi connectivity index (χ0n) is 24.0. The molecule has 1 aromatic heterocycles. The average Bonchev–Trinajstić information content (AvgIpc) is 2.97. The van der Waals surface area contributed by atoms with Crippen molar-refractivity contribution in [2.75, 3.05) is 22.5 Å². The Balaban J connectivity index is 1.60. The summed E-state index contributed by atoms with van der Waals surface area (Å²) in [6.07, 6.45) is -1.08. The van der Waals surface area contributed by atoms with Crippen LogP contribution in [0.2, 0.25) is 0 Å². The smallest absolute Gasteiger partial charge is 0.316 e. The summed E-state index contributed by atoms with van der Waals surface area (Å²) < 4.78 is 79.5. The zero-order chi connectivity index (χ0) is 34.4. The van der Waals surface area contributed by atoms with Gasteiger partial charge in [0.25, 0.3) is 20.2 Å². The van der Waals surface area contributed by atoms with Crippen LogP contribution in [0, 0.1) is 6.08 Å². The van der Waals surface area contributed by atoms with Crippen molar-refractivity contribution >= 4 is 72.3 Å². The molecule has 0 fully saturated rings. The number of hydrogen-bond donors (Lipinski definition) is 7. The van der Waals surface area contributed by atoms with Crippen LogP contribution in [0.25, 0.3) is 0 Å². The first-order valence-corrected chi connectivity index (χ1v) is 15.9. The van der Waals surface area contributed by atoms with Gasteiger partial charge in [0.05, 0.1) is 22.0 Å². The predicted octanol–water partition coefficient (Wildman–Crippen LogP) is 4.33. The first-order valence-electron chi connectivity index (χ1n) is 13.0. The maximum atomic E-state index is 14.0. The molecule has 0 saturated carbocycles. The molecule has 246 valence electrons. The number of aromatic nitrogens is 3. The number of primary amides is 1. The zero-order valence-corrected chi connectivity index (χ0v) is 25.6. The van der Waals surface area contributed by atoms with E-state index in [4.69, 9.17) is 16.0 Å². The fourth-order valence-corrected chi connectivity index (χ4v) is 4.69. The van der Waals surface area contributed by atoms with E-state index in [0.717, 1.165) is 18.2 Å². The molecule has 0 aliphatic heterocycles. The summed E-state index contributed by atoms with van der Waals surface area (Å²) in [5.41, 5.74) is 11.0. The van der Waals surface area contributed by atoms with Crippen molar-refractivity contribution < 1.29 is 35.1 Å². The van der Waals surface area contributed by atoms with Crippen LogP contribution >= 0.6 is 0 Å². The van der Waals surface area contributed by atoms with Gasteiger partial charge in [-0.3, -0.25) is 9.11 Å². The van der Waals surface area contributed by atoms with E-state index in [0.29, 0.717) is 0 Å². The number of carbonyl (C=O) groups is 1. The average molecular weight is 689 g/mol. The number of benzene rings is 3. The monoisotopic (exact) mass is 688 g/mol. The highest BCUT2D eigenvalue weighted by Gasteiger charge is 2.18. The molecular weight excluding hydrogens is 663 g/mol. The fourth-order valence-electron chi connectivity index (χ4n) is 3.56. The highest BCUT2D eigenvalue weighted by Crippen LogP contribution is 2.34. The van der Waals surface area contributed by atoms with Gasteiger partial charge in [0.1, 0.15) is 16.3 Å². The summed E-state index contributed by atoms with van der Waals surface area (Å²) >= 11 is 0. The Bertz CT molecular complexity index is 2080. The van der Waals surface area contributed by atoms with Gasteiger partial charge in [-0.25, -0.2) is 4.79 Å². The molecule has 0 saturated heterocycles. The number of rotatable bonds is 12. The maximum Gasteiger partial charge on any atom is 0.316 e. The van der Waals surface area contributed by atoms with E-state index in [1.54, 1.807) is 6.92 Å². The van der Waals surface area contributed by atoms with Gasteiger partial charge in [0.15, 0.2) is 0 Å². The number of hydrogen-bond acceptors (Lipinski definition) is 15. The molecule has 0 aliphatic carbocycles. The van der Waals surface area contributed by atoms with E-state index in [9.17, 15) is 30.6 Å². The molecule has 0 aliphatic rings. The summed E-state index contributed by atoms with van der Waals surface area (Å²) in [4.78, 5) is 21.8. The Morgan fingerprint density at radius 3 is 2.11 bits per heavy atom. The second-order valence-electron chi connectivity index (χ2n) is 9.45. The van der Waals surface area contributed by atoms with Crippen molar-refractivity contribution in [3.05, 3.63) is 66.7 Å². The normalized spacial score (nSPS) is 12.7. The van der Waals surface area contributed by atoms with E-state index in [-0.39, 0.29) is 63.5 Å². The molecule has 0 spiro atoms.